The maximum absolute atomic E-state index is 12.4. The van der Waals surface area contributed by atoms with E-state index in [1.54, 1.807) is 16.8 Å². The lowest BCUT2D eigenvalue weighted by Gasteiger charge is -2.29. The maximum atomic E-state index is 12.4. The molecule has 0 unspecified atom stereocenters. The van der Waals surface area contributed by atoms with Gasteiger partial charge in [0.15, 0.2) is 0 Å². The average Bonchev–Trinajstić information content (AvgIpc) is 2.59. The number of rotatable bonds is 5. The first-order valence-corrected chi connectivity index (χ1v) is 8.71. The van der Waals surface area contributed by atoms with Crippen LogP contribution in [0.1, 0.15) is 51.0 Å². The molecular formula is C19H28N2O3. The van der Waals surface area contributed by atoms with E-state index in [1.165, 1.54) is 5.56 Å². The molecule has 0 aromatic heterocycles. The third-order valence-electron chi connectivity index (χ3n) is 4.67. The van der Waals surface area contributed by atoms with Crippen LogP contribution in [0.4, 0.5) is 5.69 Å². The zero-order valence-corrected chi connectivity index (χ0v) is 14.9. The summed E-state index contributed by atoms with van der Waals surface area (Å²) in [5.74, 6) is 0.352. The molecule has 5 heteroatoms. The number of piperidine rings is 1. The van der Waals surface area contributed by atoms with Crippen molar-refractivity contribution in [1.82, 2.24) is 4.90 Å². The van der Waals surface area contributed by atoms with Crippen molar-refractivity contribution in [3.8, 4) is 0 Å². The first kappa shape index (κ1) is 18.5. The molecule has 1 saturated heterocycles. The maximum Gasteiger partial charge on any atom is 0.227 e. The Hall–Kier alpha value is -1.88. The van der Waals surface area contributed by atoms with E-state index in [2.05, 4.69) is 19.9 Å². The second-order valence-electron chi connectivity index (χ2n) is 6.81. The molecule has 1 aliphatic heterocycles. The van der Waals surface area contributed by atoms with Crippen LogP contribution < -0.4 is 4.90 Å². The molecule has 1 aromatic rings. The Bertz CT molecular complexity index is 578. The molecule has 0 saturated carbocycles. The molecular weight excluding hydrogens is 304 g/mol. The molecule has 0 aliphatic carbocycles. The van der Waals surface area contributed by atoms with Gasteiger partial charge in [0.1, 0.15) is 0 Å². The quantitative estimate of drug-likeness (QED) is 0.901. The highest BCUT2D eigenvalue weighted by atomic mass is 16.3. The Morgan fingerprint density at radius 3 is 2.54 bits per heavy atom. The van der Waals surface area contributed by atoms with Crippen LogP contribution >= 0.6 is 0 Å². The summed E-state index contributed by atoms with van der Waals surface area (Å²) >= 11 is 0. The van der Waals surface area contributed by atoms with Crippen molar-refractivity contribution in [2.24, 2.45) is 0 Å². The second kappa shape index (κ2) is 8.29. The number of hydrogen-bond acceptors (Lipinski definition) is 3. The predicted molar refractivity (Wildman–Crippen MR) is 95.0 cm³/mol. The first-order chi connectivity index (χ1) is 11.4. The SMILES string of the molecule is CC(C)c1cccc(N(C)C(=O)CCC(=O)N2CCC(O)CC2)c1. The van der Waals surface area contributed by atoms with Gasteiger partial charge >= 0.3 is 0 Å². The molecule has 1 N–H and O–H groups in total. The average molecular weight is 332 g/mol. The number of carbonyl (C=O) groups is 2. The highest BCUT2D eigenvalue weighted by Gasteiger charge is 2.22. The summed E-state index contributed by atoms with van der Waals surface area (Å²) in [7, 11) is 1.75. The smallest absolute Gasteiger partial charge is 0.227 e. The van der Waals surface area contributed by atoms with Gasteiger partial charge in [0, 0.05) is 38.7 Å². The number of benzene rings is 1. The summed E-state index contributed by atoms with van der Waals surface area (Å²) < 4.78 is 0. The van der Waals surface area contributed by atoms with Gasteiger partial charge in [0.25, 0.3) is 0 Å². The topological polar surface area (TPSA) is 60.9 Å². The lowest BCUT2D eigenvalue weighted by atomic mass is 10.0. The number of likely N-dealkylation sites (tertiary alicyclic amines) is 1. The number of aliphatic hydroxyl groups excluding tert-OH is 1. The fourth-order valence-corrected chi connectivity index (χ4v) is 2.89. The zero-order chi connectivity index (χ0) is 17.7. The van der Waals surface area contributed by atoms with E-state index in [0.29, 0.717) is 31.8 Å². The molecule has 24 heavy (non-hydrogen) atoms. The summed E-state index contributed by atoms with van der Waals surface area (Å²) in [6.07, 6.45) is 1.39. The highest BCUT2D eigenvalue weighted by Crippen LogP contribution is 2.21. The second-order valence-corrected chi connectivity index (χ2v) is 6.81. The summed E-state index contributed by atoms with van der Waals surface area (Å²) in [5.41, 5.74) is 2.05. The predicted octanol–water partition coefficient (Wildman–Crippen LogP) is 2.54. The molecule has 0 bridgehead atoms. The van der Waals surface area contributed by atoms with Gasteiger partial charge in [0.2, 0.25) is 11.8 Å². The van der Waals surface area contributed by atoms with Crippen molar-refractivity contribution in [1.29, 1.82) is 0 Å². The monoisotopic (exact) mass is 332 g/mol. The van der Waals surface area contributed by atoms with Gasteiger partial charge in [-0.1, -0.05) is 26.0 Å². The fraction of sp³-hybridized carbons (Fsp3) is 0.579. The van der Waals surface area contributed by atoms with Crippen molar-refractivity contribution in [2.45, 2.75) is 51.6 Å². The number of carbonyl (C=O) groups excluding carboxylic acids is 2. The van der Waals surface area contributed by atoms with Crippen molar-refractivity contribution in [3.63, 3.8) is 0 Å². The Kier molecular flexibility index (Phi) is 6.37. The van der Waals surface area contributed by atoms with Gasteiger partial charge < -0.3 is 14.9 Å². The highest BCUT2D eigenvalue weighted by molar-refractivity contribution is 5.95. The van der Waals surface area contributed by atoms with Crippen molar-refractivity contribution >= 4 is 17.5 Å². The van der Waals surface area contributed by atoms with Crippen LogP contribution in [0.2, 0.25) is 0 Å². The molecule has 1 aliphatic rings. The number of anilines is 1. The lowest BCUT2D eigenvalue weighted by molar-refractivity contribution is -0.134. The van der Waals surface area contributed by atoms with Gasteiger partial charge in [-0.05, 0) is 36.5 Å². The van der Waals surface area contributed by atoms with E-state index in [-0.39, 0.29) is 30.8 Å². The molecule has 0 radical (unpaired) electrons. The van der Waals surface area contributed by atoms with E-state index in [4.69, 9.17) is 0 Å². The number of aliphatic hydroxyl groups is 1. The minimum absolute atomic E-state index is 0.000388. The normalized spacial score (nSPS) is 15.6. The van der Waals surface area contributed by atoms with Gasteiger partial charge in [0.05, 0.1) is 6.10 Å². The summed E-state index contributed by atoms with van der Waals surface area (Å²) in [6.45, 7) is 5.41. The van der Waals surface area contributed by atoms with E-state index < -0.39 is 0 Å². The third kappa shape index (κ3) is 4.81. The van der Waals surface area contributed by atoms with Gasteiger partial charge in [-0.3, -0.25) is 9.59 Å². The number of nitrogens with zero attached hydrogens (tertiary/aromatic N) is 2. The Morgan fingerprint density at radius 1 is 1.25 bits per heavy atom. The van der Waals surface area contributed by atoms with Crippen molar-refractivity contribution < 1.29 is 14.7 Å². The van der Waals surface area contributed by atoms with Crippen LogP contribution in [-0.4, -0.2) is 48.1 Å². The zero-order valence-electron chi connectivity index (χ0n) is 14.9. The van der Waals surface area contributed by atoms with Gasteiger partial charge in [-0.25, -0.2) is 0 Å². The van der Waals surface area contributed by atoms with Crippen LogP contribution in [0.5, 0.6) is 0 Å². The fourth-order valence-electron chi connectivity index (χ4n) is 2.89. The number of amides is 2. The molecule has 132 valence electrons. The van der Waals surface area contributed by atoms with Gasteiger partial charge in [-0.15, -0.1) is 0 Å². The van der Waals surface area contributed by atoms with Gasteiger partial charge in [-0.2, -0.15) is 0 Å². The molecule has 1 aromatic carbocycles. The summed E-state index contributed by atoms with van der Waals surface area (Å²) in [5, 5.41) is 9.49. The molecule has 2 amide bonds. The first-order valence-electron chi connectivity index (χ1n) is 8.71. The number of hydrogen-bond donors (Lipinski definition) is 1. The Balaban J connectivity index is 1.87. The minimum Gasteiger partial charge on any atom is -0.393 e. The van der Waals surface area contributed by atoms with Crippen molar-refractivity contribution in [3.05, 3.63) is 29.8 Å². The van der Waals surface area contributed by atoms with Crippen LogP contribution in [0.25, 0.3) is 0 Å². The van der Waals surface area contributed by atoms with Crippen LogP contribution in [-0.2, 0) is 9.59 Å². The summed E-state index contributed by atoms with van der Waals surface area (Å²) in [6, 6.07) is 7.95. The molecule has 2 rings (SSSR count). The minimum atomic E-state index is -0.296. The van der Waals surface area contributed by atoms with Crippen molar-refractivity contribution in [2.75, 3.05) is 25.0 Å². The molecule has 1 heterocycles. The summed E-state index contributed by atoms with van der Waals surface area (Å²) in [4.78, 5) is 27.9. The molecule has 0 spiro atoms. The van der Waals surface area contributed by atoms with E-state index in [9.17, 15) is 14.7 Å². The molecule has 1 fully saturated rings. The van der Waals surface area contributed by atoms with Crippen LogP contribution in [0, 0.1) is 0 Å². The Morgan fingerprint density at radius 2 is 1.92 bits per heavy atom. The lowest BCUT2D eigenvalue weighted by Crippen LogP contribution is -2.40. The van der Waals surface area contributed by atoms with Crippen LogP contribution in [0.15, 0.2) is 24.3 Å². The van der Waals surface area contributed by atoms with Crippen LogP contribution in [0.3, 0.4) is 0 Å². The largest absolute Gasteiger partial charge is 0.393 e. The van der Waals surface area contributed by atoms with E-state index >= 15 is 0 Å². The molecule has 0 atom stereocenters. The van der Waals surface area contributed by atoms with E-state index in [0.717, 1.165) is 5.69 Å². The van der Waals surface area contributed by atoms with E-state index in [1.807, 2.05) is 18.2 Å². The molecule has 5 nitrogen and oxygen atoms in total. The standard InChI is InChI=1S/C19H28N2O3/c1-14(2)15-5-4-6-16(13-15)20(3)18(23)7-8-19(24)21-11-9-17(22)10-12-21/h4-6,13-14,17,22H,7-12H2,1-3H3. The third-order valence-corrected chi connectivity index (χ3v) is 4.67. The Labute approximate surface area is 144 Å².